The Bertz CT molecular complexity index is 651. The molecule has 0 aliphatic carbocycles. The third-order valence-corrected chi connectivity index (χ3v) is 3.65. The minimum Gasteiger partial charge on any atom is -0.288 e. The number of hydrogen-bond acceptors (Lipinski definition) is 3. The first-order valence-corrected chi connectivity index (χ1v) is 7.57. The summed E-state index contributed by atoms with van der Waals surface area (Å²) in [6.45, 7) is 2.16. The summed E-state index contributed by atoms with van der Waals surface area (Å²) in [5.74, 6) is -0.588. The van der Waals surface area contributed by atoms with Crippen LogP contribution in [0.4, 0.5) is 11.4 Å². The Kier molecular flexibility index (Phi) is 5.88. The third-order valence-electron chi connectivity index (χ3n) is 3.65. The van der Waals surface area contributed by atoms with Crippen molar-refractivity contribution in [3.63, 3.8) is 0 Å². The summed E-state index contributed by atoms with van der Waals surface area (Å²) in [4.78, 5) is 24.3. The smallest absolute Gasteiger partial charge is 0.274 e. The van der Waals surface area contributed by atoms with Crippen molar-refractivity contribution < 1.29 is 14.8 Å². The molecular formula is C18H20N2O3. The molecule has 0 atom stereocenters. The number of hydrogen-bond donors (Lipinski definition) is 2. The van der Waals surface area contributed by atoms with Crippen molar-refractivity contribution in [2.45, 2.75) is 26.2 Å². The van der Waals surface area contributed by atoms with Crippen molar-refractivity contribution in [2.75, 3.05) is 4.90 Å². The molecule has 0 unspecified atom stereocenters. The van der Waals surface area contributed by atoms with Crippen LogP contribution in [-0.4, -0.2) is 17.5 Å². The maximum absolute atomic E-state index is 11.4. The summed E-state index contributed by atoms with van der Waals surface area (Å²) in [5, 5.41) is 8.61. The predicted molar refractivity (Wildman–Crippen MR) is 89.0 cm³/mol. The first-order chi connectivity index (χ1) is 11.2. The molecule has 2 aromatic carbocycles. The van der Waals surface area contributed by atoms with Crippen molar-refractivity contribution >= 4 is 23.7 Å². The molecule has 0 radical (unpaired) electrons. The van der Waals surface area contributed by atoms with Crippen LogP contribution < -0.4 is 10.4 Å². The van der Waals surface area contributed by atoms with E-state index in [1.165, 1.54) is 10.5 Å². The maximum atomic E-state index is 11.4. The zero-order valence-corrected chi connectivity index (χ0v) is 13.0. The fourth-order valence-corrected chi connectivity index (χ4v) is 2.31. The number of unbranched alkanes of at least 4 members (excludes halogenated alkanes) is 1. The fourth-order valence-electron chi connectivity index (χ4n) is 2.31. The number of aryl methyl sites for hydroxylation is 1. The first-order valence-electron chi connectivity index (χ1n) is 7.57. The molecule has 2 N–H and O–H groups in total. The van der Waals surface area contributed by atoms with Crippen molar-refractivity contribution in [2.24, 2.45) is 0 Å². The minimum absolute atomic E-state index is 0.317. The average molecular weight is 312 g/mol. The molecular weight excluding hydrogens is 292 g/mol. The fraction of sp³-hybridized carbons (Fsp3) is 0.222. The van der Waals surface area contributed by atoms with E-state index < -0.39 is 5.91 Å². The number of carbonyl (C=O) groups is 2. The number of hydroxylamine groups is 1. The van der Waals surface area contributed by atoms with E-state index in [2.05, 4.69) is 6.92 Å². The van der Waals surface area contributed by atoms with E-state index in [9.17, 15) is 9.59 Å². The molecule has 0 aliphatic heterocycles. The molecule has 23 heavy (non-hydrogen) atoms. The van der Waals surface area contributed by atoms with E-state index >= 15 is 0 Å². The van der Waals surface area contributed by atoms with Crippen LogP contribution >= 0.6 is 0 Å². The highest BCUT2D eigenvalue weighted by Gasteiger charge is 2.10. The van der Waals surface area contributed by atoms with Gasteiger partial charge in [0.05, 0.1) is 0 Å². The van der Waals surface area contributed by atoms with Gasteiger partial charge in [0.25, 0.3) is 5.91 Å². The lowest BCUT2D eigenvalue weighted by Crippen LogP contribution is -2.19. The Balaban J connectivity index is 2.18. The molecule has 0 aliphatic rings. The molecule has 0 saturated heterocycles. The molecule has 0 heterocycles. The lowest BCUT2D eigenvalue weighted by molar-refractivity contribution is -0.106. The van der Waals surface area contributed by atoms with Crippen LogP contribution in [-0.2, 0) is 11.2 Å². The van der Waals surface area contributed by atoms with Crippen LogP contribution in [0.1, 0.15) is 35.7 Å². The van der Waals surface area contributed by atoms with Gasteiger partial charge in [0.1, 0.15) is 0 Å². The standard InChI is InChI=1S/C18H20N2O3/c1-2-3-4-14-5-9-16(10-6-14)20(13-21)17-11-7-15(8-12-17)18(22)19-23/h5-13,23H,2-4H2,1H3,(H,19,22). The summed E-state index contributed by atoms with van der Waals surface area (Å²) in [7, 11) is 0. The van der Waals surface area contributed by atoms with Gasteiger partial charge < -0.3 is 0 Å². The van der Waals surface area contributed by atoms with Crippen LogP contribution in [0.2, 0.25) is 0 Å². The van der Waals surface area contributed by atoms with Crippen molar-refractivity contribution in [1.82, 2.24) is 5.48 Å². The predicted octanol–water partition coefficient (Wildman–Crippen LogP) is 3.44. The summed E-state index contributed by atoms with van der Waals surface area (Å²) in [5.41, 5.74) is 4.55. The van der Waals surface area contributed by atoms with E-state index in [1.54, 1.807) is 29.7 Å². The molecule has 5 heteroatoms. The SMILES string of the molecule is CCCCc1ccc(N(C=O)c2ccc(C(=O)NO)cc2)cc1. The molecule has 0 fully saturated rings. The zero-order valence-electron chi connectivity index (χ0n) is 13.0. The average Bonchev–Trinajstić information content (AvgIpc) is 2.61. The number of anilines is 2. The van der Waals surface area contributed by atoms with E-state index in [-0.39, 0.29) is 0 Å². The number of benzene rings is 2. The molecule has 0 spiro atoms. The van der Waals surface area contributed by atoms with Gasteiger partial charge in [-0.25, -0.2) is 5.48 Å². The van der Waals surface area contributed by atoms with Gasteiger partial charge in [-0.1, -0.05) is 25.5 Å². The molecule has 0 saturated carbocycles. The van der Waals surface area contributed by atoms with Gasteiger partial charge in [0.2, 0.25) is 6.41 Å². The number of amides is 2. The topological polar surface area (TPSA) is 69.6 Å². The molecule has 2 aromatic rings. The highest BCUT2D eigenvalue weighted by atomic mass is 16.5. The number of nitrogens with one attached hydrogen (secondary N) is 1. The van der Waals surface area contributed by atoms with Gasteiger partial charge >= 0.3 is 0 Å². The van der Waals surface area contributed by atoms with Crippen LogP contribution in [0.5, 0.6) is 0 Å². The monoisotopic (exact) mass is 312 g/mol. The lowest BCUT2D eigenvalue weighted by atomic mass is 10.1. The number of rotatable bonds is 7. The normalized spacial score (nSPS) is 10.2. The number of nitrogens with zero attached hydrogens (tertiary/aromatic N) is 1. The Labute approximate surface area is 135 Å². The van der Waals surface area contributed by atoms with Gasteiger partial charge in [0, 0.05) is 16.9 Å². The summed E-state index contributed by atoms with van der Waals surface area (Å²) >= 11 is 0. The summed E-state index contributed by atoms with van der Waals surface area (Å²) in [6, 6.07) is 14.3. The second kappa shape index (κ2) is 8.10. The van der Waals surface area contributed by atoms with E-state index in [0.29, 0.717) is 11.3 Å². The van der Waals surface area contributed by atoms with E-state index in [0.717, 1.165) is 31.4 Å². The second-order valence-corrected chi connectivity index (χ2v) is 5.23. The van der Waals surface area contributed by atoms with Crippen LogP contribution in [0.15, 0.2) is 48.5 Å². The minimum atomic E-state index is -0.588. The van der Waals surface area contributed by atoms with Crippen LogP contribution in [0, 0.1) is 0 Å². The van der Waals surface area contributed by atoms with Crippen molar-refractivity contribution in [1.29, 1.82) is 0 Å². The maximum Gasteiger partial charge on any atom is 0.274 e. The molecule has 2 amide bonds. The van der Waals surface area contributed by atoms with Crippen molar-refractivity contribution in [3.8, 4) is 0 Å². The molecule has 120 valence electrons. The summed E-state index contributed by atoms with van der Waals surface area (Å²) < 4.78 is 0. The van der Waals surface area contributed by atoms with E-state index in [4.69, 9.17) is 5.21 Å². The van der Waals surface area contributed by atoms with Gasteiger partial charge in [-0.05, 0) is 54.8 Å². The molecule has 5 nitrogen and oxygen atoms in total. The highest BCUT2D eigenvalue weighted by molar-refractivity contribution is 5.94. The van der Waals surface area contributed by atoms with Crippen molar-refractivity contribution in [3.05, 3.63) is 59.7 Å². The van der Waals surface area contributed by atoms with Crippen LogP contribution in [0.3, 0.4) is 0 Å². The Morgan fingerprint density at radius 2 is 1.65 bits per heavy atom. The second-order valence-electron chi connectivity index (χ2n) is 5.23. The van der Waals surface area contributed by atoms with E-state index in [1.807, 2.05) is 24.3 Å². The van der Waals surface area contributed by atoms with Gasteiger partial charge in [-0.3, -0.25) is 19.7 Å². The largest absolute Gasteiger partial charge is 0.288 e. The van der Waals surface area contributed by atoms with Crippen LogP contribution in [0.25, 0.3) is 0 Å². The Hall–Kier alpha value is -2.66. The zero-order chi connectivity index (χ0) is 16.7. The molecule has 0 aromatic heterocycles. The highest BCUT2D eigenvalue weighted by Crippen LogP contribution is 2.24. The molecule has 2 rings (SSSR count). The van der Waals surface area contributed by atoms with Gasteiger partial charge in [0.15, 0.2) is 0 Å². The quantitative estimate of drug-likeness (QED) is 0.467. The molecule has 0 bridgehead atoms. The number of carbonyl (C=O) groups excluding carboxylic acids is 2. The third kappa shape index (κ3) is 4.17. The first kappa shape index (κ1) is 16.7. The summed E-state index contributed by atoms with van der Waals surface area (Å²) in [6.07, 6.45) is 4.06. The van der Waals surface area contributed by atoms with Gasteiger partial charge in [-0.15, -0.1) is 0 Å². The van der Waals surface area contributed by atoms with Gasteiger partial charge in [-0.2, -0.15) is 0 Å². The lowest BCUT2D eigenvalue weighted by Gasteiger charge is -2.18. The Morgan fingerprint density at radius 3 is 2.13 bits per heavy atom. The Morgan fingerprint density at radius 1 is 1.09 bits per heavy atom.